The van der Waals surface area contributed by atoms with Crippen molar-refractivity contribution in [1.29, 1.82) is 0 Å². The molecule has 1 fully saturated rings. The molecule has 0 radical (unpaired) electrons. The average Bonchev–Trinajstić information content (AvgIpc) is 3.00. The number of fused-ring (bicyclic) bond motifs is 1. The molecule has 1 saturated heterocycles. The number of hydrogen-bond donors (Lipinski definition) is 3. The van der Waals surface area contributed by atoms with E-state index in [1.165, 1.54) is 10.9 Å². The van der Waals surface area contributed by atoms with Crippen LogP contribution in [0, 0.1) is 0 Å². The number of rotatable bonds is 3. The number of methoxy groups -OCH3 is 1. The first-order valence-electron chi connectivity index (χ1n) is 7.42. The minimum atomic E-state index is -2.71. The van der Waals surface area contributed by atoms with Gasteiger partial charge in [0.25, 0.3) is 0 Å². The number of nitrogens with zero attached hydrogens (tertiary/aromatic N) is 4. The Morgan fingerprint density at radius 1 is 1.65 bits per heavy atom. The molecule has 20 heavy (non-hydrogen) atoms. The summed E-state index contributed by atoms with van der Waals surface area (Å²) in [5.41, 5.74) is 5.92. The molecule has 0 saturated carbocycles. The van der Waals surface area contributed by atoms with E-state index >= 15 is 0 Å². The van der Waals surface area contributed by atoms with Crippen molar-refractivity contribution in [2.24, 2.45) is 0 Å². The van der Waals surface area contributed by atoms with Gasteiger partial charge in [-0.05, 0) is 0 Å². The van der Waals surface area contributed by atoms with Crippen molar-refractivity contribution in [3.05, 3.63) is 6.33 Å². The molecule has 0 spiro atoms. The van der Waals surface area contributed by atoms with Crippen LogP contribution < -0.4 is 10.5 Å². The number of aromatic nitrogens is 4. The Kier molecular flexibility index (Phi) is 2.39. The largest absolute Gasteiger partial charge is 0.479 e. The van der Waals surface area contributed by atoms with Crippen molar-refractivity contribution in [2.45, 2.75) is 24.9 Å². The molecule has 2 aromatic heterocycles. The molecule has 1 aliphatic heterocycles. The molecule has 4 N–H and O–H groups in total. The number of aliphatic hydroxyl groups is 2. The number of imidazole rings is 1. The summed E-state index contributed by atoms with van der Waals surface area (Å²) in [5.74, 6) is -0.445. The normalized spacial score (nSPS) is 29.1. The minimum Gasteiger partial charge on any atom is -0.479 e. The molecule has 0 unspecified atom stereocenters. The van der Waals surface area contributed by atoms with E-state index in [0.29, 0.717) is 0 Å². The molecular formula is C11H15N5O4. The van der Waals surface area contributed by atoms with Gasteiger partial charge in [0.2, 0.25) is 11.8 Å². The fourth-order valence-electron chi connectivity index (χ4n) is 2.24. The van der Waals surface area contributed by atoms with E-state index in [9.17, 15) is 5.11 Å². The molecule has 0 bridgehead atoms. The van der Waals surface area contributed by atoms with E-state index in [1.54, 1.807) is 0 Å². The summed E-state index contributed by atoms with van der Waals surface area (Å²) in [7, 11) is -2.71. The zero-order valence-electron chi connectivity index (χ0n) is 13.3. The van der Waals surface area contributed by atoms with E-state index in [1.807, 2.05) is 0 Å². The van der Waals surface area contributed by atoms with Gasteiger partial charge in [-0.25, -0.2) is 4.98 Å². The predicted molar refractivity (Wildman–Crippen MR) is 67.9 cm³/mol. The second-order valence-corrected chi connectivity index (χ2v) is 4.43. The summed E-state index contributed by atoms with van der Waals surface area (Å²) >= 11 is 0. The number of nitrogen functional groups attached to an aromatic ring is 1. The summed E-state index contributed by atoms with van der Waals surface area (Å²) in [6.07, 6.45) is -0.588. The maximum absolute atomic E-state index is 9.82. The van der Waals surface area contributed by atoms with Crippen molar-refractivity contribution in [1.82, 2.24) is 19.5 Å². The highest BCUT2D eigenvalue weighted by atomic mass is 16.5. The van der Waals surface area contributed by atoms with Gasteiger partial charge < -0.3 is 25.4 Å². The molecule has 0 aliphatic carbocycles. The van der Waals surface area contributed by atoms with Gasteiger partial charge in [0.1, 0.15) is 12.3 Å². The van der Waals surface area contributed by atoms with Crippen LogP contribution >= 0.6 is 0 Å². The third-order valence-electron chi connectivity index (χ3n) is 3.20. The Labute approximate surface area is 118 Å². The van der Waals surface area contributed by atoms with Gasteiger partial charge in [-0.1, -0.05) is 0 Å². The van der Waals surface area contributed by atoms with Gasteiger partial charge in [-0.15, -0.1) is 0 Å². The van der Waals surface area contributed by atoms with Gasteiger partial charge in [-0.2, -0.15) is 9.97 Å². The molecule has 9 nitrogen and oxygen atoms in total. The average molecular weight is 284 g/mol. The molecule has 0 aromatic carbocycles. The number of hydrogen-bond acceptors (Lipinski definition) is 8. The molecule has 0 amide bonds. The SMILES string of the molecule is [2H]C([2H])([2H])Oc1nc(N)nc2c1ncn2[C@H]1C[C@H](O)[C@@H](CO)O1. The topological polar surface area (TPSA) is 129 Å². The zero-order chi connectivity index (χ0) is 16.8. The maximum Gasteiger partial charge on any atom is 0.246 e. The van der Waals surface area contributed by atoms with Crippen molar-refractivity contribution in [3.63, 3.8) is 0 Å². The van der Waals surface area contributed by atoms with Gasteiger partial charge in [0, 0.05) is 6.42 Å². The fraction of sp³-hybridized carbons (Fsp3) is 0.545. The Morgan fingerprint density at radius 3 is 3.20 bits per heavy atom. The fourth-order valence-corrected chi connectivity index (χ4v) is 2.24. The van der Waals surface area contributed by atoms with E-state index < -0.39 is 25.5 Å². The molecule has 9 heteroatoms. The van der Waals surface area contributed by atoms with Gasteiger partial charge in [-0.3, -0.25) is 4.57 Å². The molecule has 3 rings (SSSR count). The first kappa shape index (κ1) is 9.86. The maximum atomic E-state index is 9.82. The van der Waals surface area contributed by atoms with Crippen LogP contribution in [0.3, 0.4) is 0 Å². The molecule has 108 valence electrons. The Bertz CT molecular complexity index is 721. The highest BCUT2D eigenvalue weighted by Crippen LogP contribution is 2.32. The van der Waals surface area contributed by atoms with Crippen molar-refractivity contribution in [3.8, 4) is 5.88 Å². The molecule has 2 aromatic rings. The monoisotopic (exact) mass is 284 g/mol. The molecular weight excluding hydrogens is 266 g/mol. The van der Waals surface area contributed by atoms with Crippen LogP contribution in [0.4, 0.5) is 5.95 Å². The second kappa shape index (κ2) is 4.85. The molecule has 3 atom stereocenters. The molecule has 3 heterocycles. The third-order valence-corrected chi connectivity index (χ3v) is 3.20. The summed E-state index contributed by atoms with van der Waals surface area (Å²) in [6, 6.07) is 0. The van der Waals surface area contributed by atoms with Crippen molar-refractivity contribution >= 4 is 17.1 Å². The Hall–Kier alpha value is -1.97. The lowest BCUT2D eigenvalue weighted by atomic mass is 10.2. The van der Waals surface area contributed by atoms with E-state index in [4.69, 9.17) is 24.4 Å². The number of nitrogens with two attached hydrogens (primary N) is 1. The van der Waals surface area contributed by atoms with Gasteiger partial charge in [0.05, 0.1) is 30.2 Å². The van der Waals surface area contributed by atoms with Gasteiger partial charge >= 0.3 is 0 Å². The lowest BCUT2D eigenvalue weighted by Crippen LogP contribution is -2.24. The van der Waals surface area contributed by atoms with E-state index in [2.05, 4.69) is 15.0 Å². The minimum absolute atomic E-state index is 0.112. The zero-order valence-corrected chi connectivity index (χ0v) is 10.3. The predicted octanol–water partition coefficient (Wildman–Crippen LogP) is -0.942. The number of aliphatic hydroxyl groups excluding tert-OH is 2. The van der Waals surface area contributed by atoms with Crippen LogP contribution in [-0.4, -0.2) is 55.6 Å². The van der Waals surface area contributed by atoms with Crippen LogP contribution in [0.15, 0.2) is 6.33 Å². The van der Waals surface area contributed by atoms with Crippen molar-refractivity contribution in [2.75, 3.05) is 19.4 Å². The second-order valence-electron chi connectivity index (χ2n) is 4.43. The third kappa shape index (κ3) is 1.96. The number of ether oxygens (including phenoxy) is 2. The lowest BCUT2D eigenvalue weighted by molar-refractivity contribution is -0.0432. The summed E-state index contributed by atoms with van der Waals surface area (Å²) in [5, 5.41) is 19.0. The highest BCUT2D eigenvalue weighted by Gasteiger charge is 2.35. The summed E-state index contributed by atoms with van der Waals surface area (Å²) in [4.78, 5) is 11.8. The van der Waals surface area contributed by atoms with E-state index in [0.717, 1.165) is 0 Å². The number of anilines is 1. The van der Waals surface area contributed by atoms with Crippen LogP contribution in [0.25, 0.3) is 11.2 Å². The summed E-state index contributed by atoms with van der Waals surface area (Å²) in [6.45, 7) is -0.325. The highest BCUT2D eigenvalue weighted by molar-refractivity contribution is 5.77. The van der Waals surface area contributed by atoms with E-state index in [-0.39, 0.29) is 36.0 Å². The molecule has 1 aliphatic rings. The Morgan fingerprint density at radius 2 is 2.50 bits per heavy atom. The van der Waals surface area contributed by atoms with Crippen LogP contribution in [-0.2, 0) is 4.74 Å². The Balaban J connectivity index is 2.01. The lowest BCUT2D eigenvalue weighted by Gasteiger charge is -2.13. The van der Waals surface area contributed by atoms with Crippen LogP contribution in [0.1, 0.15) is 16.8 Å². The van der Waals surface area contributed by atoms with Crippen LogP contribution in [0.2, 0.25) is 0 Å². The first-order chi connectivity index (χ1) is 10.8. The smallest absolute Gasteiger partial charge is 0.246 e. The van der Waals surface area contributed by atoms with Gasteiger partial charge in [0.15, 0.2) is 11.2 Å². The standard InChI is InChI=1S/C11H15N5O4/c1-19-10-8-9(14-11(12)15-10)16(4-13-8)7-2-5(18)6(3-17)20-7/h4-7,17-18H,2-3H2,1H3,(H2,12,14,15)/t5-,6+,7+/m0/s1/i1D3. The van der Waals surface area contributed by atoms with Crippen LogP contribution in [0.5, 0.6) is 5.88 Å². The summed E-state index contributed by atoms with van der Waals surface area (Å²) < 4.78 is 33.3. The quantitative estimate of drug-likeness (QED) is 0.658. The first-order valence-corrected chi connectivity index (χ1v) is 5.92. The van der Waals surface area contributed by atoms with Crippen molar-refractivity contribution < 1.29 is 23.8 Å².